The van der Waals surface area contributed by atoms with E-state index >= 15 is 0 Å². The molecule has 0 saturated carbocycles. The third-order valence-electron chi connectivity index (χ3n) is 6.98. The van der Waals surface area contributed by atoms with Crippen molar-refractivity contribution in [2.45, 2.75) is 19.0 Å². The van der Waals surface area contributed by atoms with Crippen molar-refractivity contribution >= 4 is 49.5 Å². The number of benzene rings is 3. The Morgan fingerprint density at radius 1 is 0.897 bits per heavy atom. The number of aryl methyl sites for hydroxylation is 1. The molecule has 2 unspecified atom stereocenters. The van der Waals surface area contributed by atoms with Crippen molar-refractivity contribution in [3.05, 3.63) is 120 Å². The molecule has 196 valence electrons. The van der Waals surface area contributed by atoms with Gasteiger partial charge < -0.3 is 14.8 Å². The summed E-state index contributed by atoms with van der Waals surface area (Å²) < 4.78 is 28.5. The largest absolute Gasteiger partial charge is 0.351 e. The van der Waals surface area contributed by atoms with Crippen molar-refractivity contribution in [1.29, 1.82) is 0 Å². The highest BCUT2D eigenvalue weighted by molar-refractivity contribution is 7.92. The molecule has 2 N–H and O–H groups in total. The van der Waals surface area contributed by atoms with E-state index in [4.69, 9.17) is 12.2 Å². The third-order valence-corrected chi connectivity index (χ3v) is 7.88. The van der Waals surface area contributed by atoms with Crippen LogP contribution in [0.5, 0.6) is 0 Å². The van der Waals surface area contributed by atoms with Gasteiger partial charge in [0, 0.05) is 29.5 Å². The lowest BCUT2D eigenvalue weighted by Crippen LogP contribution is -2.30. The van der Waals surface area contributed by atoms with Gasteiger partial charge in [0.25, 0.3) is 0 Å². The summed E-state index contributed by atoms with van der Waals surface area (Å²) in [6.07, 6.45) is 5.01. The van der Waals surface area contributed by atoms with E-state index in [9.17, 15) is 8.42 Å². The van der Waals surface area contributed by atoms with E-state index in [0.29, 0.717) is 10.8 Å². The molecule has 1 aliphatic rings. The van der Waals surface area contributed by atoms with Crippen LogP contribution in [0.25, 0.3) is 16.5 Å². The van der Waals surface area contributed by atoms with Gasteiger partial charge in [0.15, 0.2) is 5.11 Å². The Hall–Kier alpha value is -4.21. The SMILES string of the molecule is Cc1cc(N2C(=S)NC(c3ccccn3)C2c2cccn2-c2ccc3ccccc3c2)ccc1NS(C)(=O)=O. The second-order valence-corrected chi connectivity index (χ2v) is 11.8. The number of anilines is 2. The molecule has 0 bridgehead atoms. The monoisotopic (exact) mass is 553 g/mol. The van der Waals surface area contributed by atoms with Crippen LogP contribution in [0.1, 0.15) is 29.0 Å². The lowest BCUT2D eigenvalue weighted by atomic mass is 10.00. The maximum absolute atomic E-state index is 11.8. The molecule has 1 aliphatic heterocycles. The van der Waals surface area contributed by atoms with Crippen molar-refractivity contribution in [2.24, 2.45) is 0 Å². The summed E-state index contributed by atoms with van der Waals surface area (Å²) in [6, 6.07) is 30.0. The first-order valence-electron chi connectivity index (χ1n) is 12.5. The van der Waals surface area contributed by atoms with E-state index in [-0.39, 0.29) is 12.1 Å². The second-order valence-electron chi connectivity index (χ2n) is 9.70. The Bertz CT molecular complexity index is 1800. The van der Waals surface area contributed by atoms with Crippen LogP contribution in [-0.2, 0) is 10.0 Å². The molecule has 39 heavy (non-hydrogen) atoms. The van der Waals surface area contributed by atoms with Gasteiger partial charge in [0.2, 0.25) is 10.0 Å². The second kappa shape index (κ2) is 9.83. The Morgan fingerprint density at radius 2 is 1.67 bits per heavy atom. The normalized spacial score (nSPS) is 17.4. The molecule has 6 rings (SSSR count). The van der Waals surface area contributed by atoms with Crippen LogP contribution in [0, 0.1) is 6.92 Å². The standard InChI is InChI=1S/C30H27N5O2S2/c1-20-18-24(14-15-25(20)33-39(2,36)37)35-29(28(32-30(35)38)26-10-5-6-16-31-26)27-11-7-17-34(27)23-13-12-21-8-3-4-9-22(21)19-23/h3-19,28-29,33H,1-2H3,(H,32,38). The predicted octanol–water partition coefficient (Wildman–Crippen LogP) is 5.88. The van der Waals surface area contributed by atoms with Crippen LogP contribution in [0.3, 0.4) is 0 Å². The number of pyridine rings is 1. The van der Waals surface area contributed by atoms with Crippen molar-refractivity contribution in [1.82, 2.24) is 14.9 Å². The van der Waals surface area contributed by atoms with Gasteiger partial charge >= 0.3 is 0 Å². The van der Waals surface area contributed by atoms with Crippen LogP contribution < -0.4 is 14.9 Å². The van der Waals surface area contributed by atoms with Crippen molar-refractivity contribution in [3.8, 4) is 5.69 Å². The minimum Gasteiger partial charge on any atom is -0.351 e. The molecule has 0 radical (unpaired) electrons. The summed E-state index contributed by atoms with van der Waals surface area (Å²) in [7, 11) is -3.40. The Labute approximate surface area is 233 Å². The highest BCUT2D eigenvalue weighted by Crippen LogP contribution is 2.43. The Balaban J connectivity index is 1.48. The topological polar surface area (TPSA) is 79.3 Å². The molecule has 2 atom stereocenters. The maximum Gasteiger partial charge on any atom is 0.229 e. The molecular weight excluding hydrogens is 526 g/mol. The first-order chi connectivity index (χ1) is 18.8. The molecule has 2 aromatic heterocycles. The molecule has 0 spiro atoms. The molecule has 9 heteroatoms. The molecule has 7 nitrogen and oxygen atoms in total. The van der Waals surface area contributed by atoms with Crippen molar-refractivity contribution in [3.63, 3.8) is 0 Å². The molecule has 0 aliphatic carbocycles. The zero-order valence-corrected chi connectivity index (χ0v) is 23.1. The van der Waals surface area contributed by atoms with E-state index < -0.39 is 10.0 Å². The van der Waals surface area contributed by atoms with Gasteiger partial charge in [-0.25, -0.2) is 8.42 Å². The molecule has 3 heterocycles. The van der Waals surface area contributed by atoms with Crippen molar-refractivity contribution < 1.29 is 8.42 Å². The fraction of sp³-hybridized carbons (Fsp3) is 0.133. The lowest BCUT2D eigenvalue weighted by Gasteiger charge is -2.29. The lowest BCUT2D eigenvalue weighted by molar-refractivity contribution is 0.549. The number of aromatic nitrogens is 2. The van der Waals surface area contributed by atoms with Gasteiger partial charge in [0.05, 0.1) is 23.7 Å². The van der Waals surface area contributed by atoms with E-state index in [1.165, 1.54) is 5.39 Å². The number of thiocarbonyl (C=S) groups is 1. The van der Waals surface area contributed by atoms with Crippen molar-refractivity contribution in [2.75, 3.05) is 15.9 Å². The molecule has 0 amide bonds. The Kier molecular flexibility index (Phi) is 6.32. The summed E-state index contributed by atoms with van der Waals surface area (Å²) >= 11 is 5.90. The first kappa shape index (κ1) is 25.1. The smallest absolute Gasteiger partial charge is 0.229 e. The minimum absolute atomic E-state index is 0.207. The summed E-state index contributed by atoms with van der Waals surface area (Å²) in [4.78, 5) is 6.76. The zero-order valence-electron chi connectivity index (χ0n) is 21.4. The number of hydrogen-bond acceptors (Lipinski definition) is 4. The fourth-order valence-electron chi connectivity index (χ4n) is 5.24. The number of hydrogen-bond donors (Lipinski definition) is 2. The fourth-order valence-corrected chi connectivity index (χ4v) is 6.22. The van der Waals surface area contributed by atoms with Gasteiger partial charge in [-0.15, -0.1) is 0 Å². The average molecular weight is 554 g/mol. The number of rotatable bonds is 6. The predicted molar refractivity (Wildman–Crippen MR) is 161 cm³/mol. The first-order valence-corrected chi connectivity index (χ1v) is 14.8. The van der Waals surface area contributed by atoms with E-state index in [0.717, 1.165) is 40.0 Å². The average Bonchev–Trinajstić information content (AvgIpc) is 3.54. The van der Waals surface area contributed by atoms with E-state index in [1.807, 2.05) is 55.5 Å². The van der Waals surface area contributed by atoms with Gasteiger partial charge in [0.1, 0.15) is 6.04 Å². The number of nitrogens with zero attached hydrogens (tertiary/aromatic N) is 3. The van der Waals surface area contributed by atoms with Crippen LogP contribution >= 0.6 is 12.2 Å². The molecule has 5 aromatic rings. The highest BCUT2D eigenvalue weighted by atomic mass is 32.2. The van der Waals surface area contributed by atoms with Gasteiger partial charge in [-0.2, -0.15) is 0 Å². The number of nitrogens with one attached hydrogen (secondary N) is 2. The molecule has 3 aromatic carbocycles. The summed E-state index contributed by atoms with van der Waals surface area (Å²) in [6.45, 7) is 1.88. The molecule has 1 fully saturated rings. The highest BCUT2D eigenvalue weighted by Gasteiger charge is 2.42. The summed E-state index contributed by atoms with van der Waals surface area (Å²) in [5, 5.41) is 6.43. The maximum atomic E-state index is 11.8. The van der Waals surface area contributed by atoms with Crippen LogP contribution in [0.2, 0.25) is 0 Å². The number of sulfonamides is 1. The van der Waals surface area contributed by atoms with Crippen LogP contribution in [0.15, 0.2) is 103 Å². The van der Waals surface area contributed by atoms with Crippen LogP contribution in [-0.4, -0.2) is 29.3 Å². The van der Waals surface area contributed by atoms with E-state index in [1.54, 1.807) is 12.3 Å². The quantitative estimate of drug-likeness (QED) is 0.256. The summed E-state index contributed by atoms with van der Waals surface area (Å²) in [5.74, 6) is 0. The van der Waals surface area contributed by atoms with Crippen LogP contribution in [0.4, 0.5) is 11.4 Å². The Morgan fingerprint density at radius 3 is 2.41 bits per heavy atom. The van der Waals surface area contributed by atoms with E-state index in [2.05, 4.69) is 67.1 Å². The van der Waals surface area contributed by atoms with Gasteiger partial charge in [-0.05, 0) is 90.1 Å². The third kappa shape index (κ3) is 4.86. The molecular formula is C30H27N5O2S2. The van der Waals surface area contributed by atoms with Gasteiger partial charge in [-0.1, -0.05) is 36.4 Å². The number of fused-ring (bicyclic) bond motifs is 1. The van der Waals surface area contributed by atoms with Gasteiger partial charge in [-0.3, -0.25) is 9.71 Å². The summed E-state index contributed by atoms with van der Waals surface area (Å²) in [5.41, 5.74) is 5.17. The zero-order chi connectivity index (χ0) is 27.1. The minimum atomic E-state index is -3.40. The molecule has 1 saturated heterocycles.